The zero-order chi connectivity index (χ0) is 10.4. The van der Waals surface area contributed by atoms with Crippen molar-refractivity contribution < 1.29 is 4.74 Å². The van der Waals surface area contributed by atoms with Gasteiger partial charge in [0.05, 0.1) is 12.8 Å². The van der Waals surface area contributed by atoms with Crippen molar-refractivity contribution in [3.8, 4) is 5.75 Å². The second kappa shape index (κ2) is 7.81. The van der Waals surface area contributed by atoms with E-state index in [0.717, 1.165) is 17.2 Å². The molecule has 3 nitrogen and oxygen atoms in total. The predicted molar refractivity (Wildman–Crippen MR) is 77.8 cm³/mol. The molecule has 0 aromatic heterocycles. The lowest BCUT2D eigenvalue weighted by Gasteiger charge is -2.00. The minimum absolute atomic E-state index is 0. The fraction of sp³-hybridized carbons (Fsp3) is 0.300. The van der Waals surface area contributed by atoms with Gasteiger partial charge in [0, 0.05) is 0 Å². The number of benzene rings is 1. The molecule has 0 radical (unpaired) electrons. The van der Waals surface area contributed by atoms with E-state index in [4.69, 9.17) is 10.5 Å². The van der Waals surface area contributed by atoms with E-state index < -0.39 is 0 Å². The van der Waals surface area contributed by atoms with Crippen LogP contribution in [0, 0.1) is 0 Å². The fourth-order valence-corrected chi connectivity index (χ4v) is 1.43. The Labute approximate surface area is 112 Å². The van der Waals surface area contributed by atoms with Crippen LogP contribution < -0.4 is 10.5 Å². The van der Waals surface area contributed by atoms with Crippen LogP contribution in [0.25, 0.3) is 0 Å². The third-order valence-electron chi connectivity index (χ3n) is 1.60. The predicted octanol–water partition coefficient (Wildman–Crippen LogP) is 3.01. The highest BCUT2D eigenvalue weighted by atomic mass is 127. The van der Waals surface area contributed by atoms with Gasteiger partial charge in [-0.15, -0.1) is 24.0 Å². The summed E-state index contributed by atoms with van der Waals surface area (Å²) in [4.78, 5) is 4.23. The van der Waals surface area contributed by atoms with Crippen molar-refractivity contribution >= 4 is 46.6 Å². The number of thioether (sulfide) groups is 1. The highest BCUT2D eigenvalue weighted by Crippen LogP contribution is 2.18. The molecule has 2 N–H and O–H groups in total. The van der Waals surface area contributed by atoms with Crippen molar-refractivity contribution in [1.29, 1.82) is 0 Å². The van der Waals surface area contributed by atoms with Gasteiger partial charge >= 0.3 is 0 Å². The summed E-state index contributed by atoms with van der Waals surface area (Å²) in [5.74, 6) is 1.76. The van der Waals surface area contributed by atoms with Gasteiger partial charge in [-0.2, -0.15) is 0 Å². The third-order valence-corrected chi connectivity index (χ3v) is 2.28. The van der Waals surface area contributed by atoms with Gasteiger partial charge in [-0.3, -0.25) is 0 Å². The van der Waals surface area contributed by atoms with E-state index in [1.54, 1.807) is 7.11 Å². The molecule has 1 rings (SSSR count). The summed E-state index contributed by atoms with van der Waals surface area (Å²) < 4.78 is 5.04. The maximum atomic E-state index is 5.67. The Morgan fingerprint density at radius 1 is 1.40 bits per heavy atom. The first-order chi connectivity index (χ1) is 6.76. The summed E-state index contributed by atoms with van der Waals surface area (Å²) in [6.07, 6.45) is 0. The molecule has 0 heterocycles. The molecule has 0 fully saturated rings. The Kier molecular flexibility index (Phi) is 7.59. The molecule has 84 valence electrons. The van der Waals surface area contributed by atoms with Gasteiger partial charge in [-0.25, -0.2) is 4.99 Å². The molecule has 0 atom stereocenters. The van der Waals surface area contributed by atoms with Crippen molar-refractivity contribution in [1.82, 2.24) is 0 Å². The van der Waals surface area contributed by atoms with Gasteiger partial charge in [-0.05, 0) is 30.0 Å². The number of rotatable bonds is 3. The Hall–Kier alpha value is -0.430. The maximum Gasteiger partial charge on any atom is 0.159 e. The number of amidine groups is 1. The smallest absolute Gasteiger partial charge is 0.159 e. The van der Waals surface area contributed by atoms with E-state index >= 15 is 0 Å². The molecule has 0 saturated heterocycles. The Balaban J connectivity index is 0.00000196. The summed E-state index contributed by atoms with van der Waals surface area (Å²) in [6.45, 7) is 2.04. The number of nitrogens with two attached hydrogens (primary N) is 1. The minimum atomic E-state index is 0. The van der Waals surface area contributed by atoms with E-state index in [2.05, 4.69) is 4.99 Å². The largest absolute Gasteiger partial charge is 0.497 e. The number of ether oxygens (including phenoxy) is 1. The van der Waals surface area contributed by atoms with E-state index in [-0.39, 0.29) is 24.0 Å². The van der Waals surface area contributed by atoms with Gasteiger partial charge in [0.25, 0.3) is 0 Å². The van der Waals surface area contributed by atoms with Crippen LogP contribution in [0.3, 0.4) is 0 Å². The number of hydrogen-bond donors (Lipinski definition) is 1. The highest BCUT2D eigenvalue weighted by Gasteiger charge is 1.94. The summed E-state index contributed by atoms with van der Waals surface area (Å²) in [7, 11) is 1.64. The van der Waals surface area contributed by atoms with Crippen LogP contribution >= 0.6 is 35.7 Å². The first-order valence-electron chi connectivity index (χ1n) is 4.37. The number of methoxy groups -OCH3 is 1. The number of nitrogens with zero attached hydrogens (tertiary/aromatic N) is 1. The molecule has 0 amide bonds. The lowest BCUT2D eigenvalue weighted by atomic mass is 10.3. The molecular weight excluding hydrogens is 323 g/mol. The normalized spacial score (nSPS) is 10.7. The average Bonchev–Trinajstić information content (AvgIpc) is 2.19. The van der Waals surface area contributed by atoms with Gasteiger partial charge in [0.15, 0.2) is 5.17 Å². The molecular formula is C10H15IN2OS. The second-order valence-electron chi connectivity index (χ2n) is 2.58. The van der Waals surface area contributed by atoms with Gasteiger partial charge < -0.3 is 10.5 Å². The van der Waals surface area contributed by atoms with Crippen molar-refractivity contribution in [3.05, 3.63) is 24.3 Å². The Morgan fingerprint density at radius 3 is 2.47 bits per heavy atom. The Bertz CT molecular complexity index is 314. The average molecular weight is 338 g/mol. The van der Waals surface area contributed by atoms with Crippen molar-refractivity contribution in [2.45, 2.75) is 6.92 Å². The molecule has 1 aromatic carbocycles. The zero-order valence-corrected chi connectivity index (χ0v) is 11.9. The van der Waals surface area contributed by atoms with Crippen molar-refractivity contribution in [2.24, 2.45) is 10.7 Å². The molecule has 0 aliphatic rings. The Morgan fingerprint density at radius 2 is 2.00 bits per heavy atom. The first kappa shape index (κ1) is 14.6. The van der Waals surface area contributed by atoms with E-state index in [9.17, 15) is 0 Å². The molecule has 1 aromatic rings. The fourth-order valence-electron chi connectivity index (χ4n) is 0.964. The van der Waals surface area contributed by atoms with Crippen LogP contribution in [-0.2, 0) is 0 Å². The molecule has 0 unspecified atom stereocenters. The highest BCUT2D eigenvalue weighted by molar-refractivity contribution is 14.0. The monoisotopic (exact) mass is 338 g/mol. The van der Waals surface area contributed by atoms with Crippen molar-refractivity contribution in [2.75, 3.05) is 12.9 Å². The third kappa shape index (κ3) is 5.27. The summed E-state index contributed by atoms with van der Waals surface area (Å²) in [6, 6.07) is 7.48. The number of halogens is 1. The maximum absolute atomic E-state index is 5.67. The molecule has 0 aliphatic heterocycles. The van der Waals surface area contributed by atoms with E-state index in [1.165, 1.54) is 11.8 Å². The van der Waals surface area contributed by atoms with Crippen LogP contribution in [0.15, 0.2) is 29.3 Å². The standard InChI is InChI=1S/C10H14N2OS.HI/c1-3-14-10(11)12-8-4-6-9(13-2)7-5-8;/h4-7H,3H2,1-2H3,(H2,11,12);1H. The lowest BCUT2D eigenvalue weighted by Crippen LogP contribution is -2.05. The number of aliphatic imine (C=N–C) groups is 1. The van der Waals surface area contributed by atoms with Gasteiger partial charge in [0.2, 0.25) is 0 Å². The van der Waals surface area contributed by atoms with E-state index in [0.29, 0.717) is 5.17 Å². The van der Waals surface area contributed by atoms with Crippen LogP contribution in [0.1, 0.15) is 6.92 Å². The quantitative estimate of drug-likeness (QED) is 0.524. The van der Waals surface area contributed by atoms with Crippen LogP contribution in [0.4, 0.5) is 5.69 Å². The van der Waals surface area contributed by atoms with Crippen LogP contribution in [0.2, 0.25) is 0 Å². The second-order valence-corrected chi connectivity index (χ2v) is 3.87. The van der Waals surface area contributed by atoms with Crippen molar-refractivity contribution in [3.63, 3.8) is 0 Å². The van der Waals surface area contributed by atoms with Gasteiger partial charge in [0.1, 0.15) is 5.75 Å². The lowest BCUT2D eigenvalue weighted by molar-refractivity contribution is 0.415. The molecule has 0 aliphatic carbocycles. The molecule has 0 spiro atoms. The van der Waals surface area contributed by atoms with Gasteiger partial charge in [-0.1, -0.05) is 18.7 Å². The molecule has 0 saturated carbocycles. The molecule has 15 heavy (non-hydrogen) atoms. The minimum Gasteiger partial charge on any atom is -0.497 e. The molecule has 5 heteroatoms. The van der Waals surface area contributed by atoms with E-state index in [1.807, 2.05) is 31.2 Å². The summed E-state index contributed by atoms with van der Waals surface area (Å²) in [5.41, 5.74) is 6.52. The first-order valence-corrected chi connectivity index (χ1v) is 5.36. The summed E-state index contributed by atoms with van der Waals surface area (Å²) >= 11 is 1.53. The zero-order valence-electron chi connectivity index (χ0n) is 8.77. The SMILES string of the molecule is CCSC(N)=Nc1ccc(OC)cc1.I. The number of hydrogen-bond acceptors (Lipinski definition) is 3. The topological polar surface area (TPSA) is 47.6 Å². The van der Waals surface area contributed by atoms with Crippen LogP contribution in [-0.4, -0.2) is 18.0 Å². The summed E-state index contributed by atoms with van der Waals surface area (Å²) in [5, 5.41) is 0.595. The van der Waals surface area contributed by atoms with Crippen LogP contribution in [0.5, 0.6) is 5.75 Å². The molecule has 0 bridgehead atoms.